The van der Waals surface area contributed by atoms with Crippen LogP contribution in [0, 0.1) is 5.92 Å². The van der Waals surface area contributed by atoms with E-state index in [1.807, 2.05) is 6.20 Å². The number of hydrogen-bond donors (Lipinski definition) is 3. The summed E-state index contributed by atoms with van der Waals surface area (Å²) in [7, 11) is 0. The van der Waals surface area contributed by atoms with Gasteiger partial charge in [0.2, 0.25) is 5.91 Å². The van der Waals surface area contributed by atoms with Gasteiger partial charge in [0.1, 0.15) is 17.8 Å². The fourth-order valence-corrected chi connectivity index (χ4v) is 4.32. The van der Waals surface area contributed by atoms with Gasteiger partial charge < -0.3 is 20.3 Å². The van der Waals surface area contributed by atoms with Crippen LogP contribution in [-0.2, 0) is 11.2 Å². The van der Waals surface area contributed by atoms with Crippen LogP contribution in [0.4, 0.5) is 5.82 Å². The lowest BCUT2D eigenvalue weighted by atomic mass is 9.86. The first-order chi connectivity index (χ1) is 12.7. The van der Waals surface area contributed by atoms with E-state index < -0.39 is 6.10 Å². The number of amides is 1. The van der Waals surface area contributed by atoms with Crippen LogP contribution in [0.25, 0.3) is 11.0 Å². The Morgan fingerprint density at radius 2 is 2.19 bits per heavy atom. The van der Waals surface area contributed by atoms with Crippen molar-refractivity contribution in [1.82, 2.24) is 20.3 Å². The summed E-state index contributed by atoms with van der Waals surface area (Å²) >= 11 is 0. The predicted octanol–water partition coefficient (Wildman–Crippen LogP) is 1.77. The molecule has 2 fully saturated rings. The molecule has 3 N–H and O–H groups in total. The third-order valence-corrected chi connectivity index (χ3v) is 5.81. The number of aliphatic hydroxyl groups is 1. The maximum atomic E-state index is 12.6. The van der Waals surface area contributed by atoms with E-state index in [1.165, 1.54) is 5.56 Å². The molecule has 3 atom stereocenters. The largest absolute Gasteiger partial charge is 0.392 e. The molecule has 0 bridgehead atoms. The number of rotatable bonds is 4. The van der Waals surface area contributed by atoms with Gasteiger partial charge >= 0.3 is 0 Å². The average molecular weight is 357 g/mol. The summed E-state index contributed by atoms with van der Waals surface area (Å²) in [6.45, 7) is 3.73. The van der Waals surface area contributed by atoms with Gasteiger partial charge in [0.05, 0.1) is 17.4 Å². The molecule has 7 nitrogen and oxygen atoms in total. The number of nitrogens with zero attached hydrogens (tertiary/aromatic N) is 3. The van der Waals surface area contributed by atoms with Crippen molar-refractivity contribution in [2.24, 2.45) is 5.92 Å². The van der Waals surface area contributed by atoms with Gasteiger partial charge in [-0.2, -0.15) is 0 Å². The van der Waals surface area contributed by atoms with E-state index in [4.69, 9.17) is 0 Å². The SMILES string of the molecule is CCc1c[nH]c2ncnc(N3CC[C@H](NC(=O)C4CCCCC4O)C3)c12. The van der Waals surface area contributed by atoms with E-state index in [2.05, 4.69) is 32.1 Å². The molecule has 2 unspecified atom stereocenters. The molecule has 2 aromatic rings. The Morgan fingerprint density at radius 3 is 3.00 bits per heavy atom. The Kier molecular flexibility index (Phi) is 4.80. The smallest absolute Gasteiger partial charge is 0.226 e. The molecule has 0 aromatic carbocycles. The van der Waals surface area contributed by atoms with Crippen LogP contribution in [-0.4, -0.2) is 51.2 Å². The van der Waals surface area contributed by atoms with Crippen LogP contribution >= 0.6 is 0 Å². The van der Waals surface area contributed by atoms with Crippen molar-refractivity contribution in [3.05, 3.63) is 18.1 Å². The average Bonchev–Trinajstić information content (AvgIpc) is 3.28. The first kappa shape index (κ1) is 17.3. The second-order valence-electron chi connectivity index (χ2n) is 7.49. The van der Waals surface area contributed by atoms with Crippen LogP contribution in [0.5, 0.6) is 0 Å². The number of nitrogens with one attached hydrogen (secondary N) is 2. The molecule has 1 saturated carbocycles. The highest BCUT2D eigenvalue weighted by Crippen LogP contribution is 2.29. The molecule has 140 valence electrons. The molecule has 2 aliphatic rings. The lowest BCUT2D eigenvalue weighted by Crippen LogP contribution is -2.45. The van der Waals surface area contributed by atoms with Crippen LogP contribution < -0.4 is 10.2 Å². The quantitative estimate of drug-likeness (QED) is 0.775. The first-order valence-electron chi connectivity index (χ1n) is 9.71. The Balaban J connectivity index is 1.46. The van der Waals surface area contributed by atoms with Crippen molar-refractivity contribution in [2.75, 3.05) is 18.0 Å². The van der Waals surface area contributed by atoms with Crippen molar-refractivity contribution in [3.8, 4) is 0 Å². The number of carbonyl (C=O) groups is 1. The van der Waals surface area contributed by atoms with Crippen molar-refractivity contribution in [3.63, 3.8) is 0 Å². The van der Waals surface area contributed by atoms with Gasteiger partial charge in [0, 0.05) is 25.3 Å². The van der Waals surface area contributed by atoms with Crippen molar-refractivity contribution < 1.29 is 9.90 Å². The molecule has 1 aliphatic heterocycles. The van der Waals surface area contributed by atoms with E-state index >= 15 is 0 Å². The number of fused-ring (bicyclic) bond motifs is 1. The van der Waals surface area contributed by atoms with E-state index in [9.17, 15) is 9.90 Å². The maximum absolute atomic E-state index is 12.6. The molecule has 2 aromatic heterocycles. The molecule has 0 spiro atoms. The summed E-state index contributed by atoms with van der Waals surface area (Å²) in [4.78, 5) is 26.9. The van der Waals surface area contributed by atoms with Crippen LogP contribution in [0.1, 0.15) is 44.6 Å². The van der Waals surface area contributed by atoms with E-state index in [0.717, 1.165) is 68.5 Å². The van der Waals surface area contributed by atoms with Crippen molar-refractivity contribution in [2.45, 2.75) is 57.6 Å². The third-order valence-electron chi connectivity index (χ3n) is 5.81. The summed E-state index contributed by atoms with van der Waals surface area (Å²) in [5.74, 6) is 0.704. The first-order valence-corrected chi connectivity index (χ1v) is 9.71. The fourth-order valence-electron chi connectivity index (χ4n) is 4.32. The minimum absolute atomic E-state index is 0.00720. The minimum atomic E-state index is -0.491. The minimum Gasteiger partial charge on any atom is -0.392 e. The van der Waals surface area contributed by atoms with Gasteiger partial charge in [-0.3, -0.25) is 4.79 Å². The molecule has 1 saturated heterocycles. The van der Waals surface area contributed by atoms with E-state index in [0.29, 0.717) is 0 Å². The molecule has 26 heavy (non-hydrogen) atoms. The highest BCUT2D eigenvalue weighted by Gasteiger charge is 2.33. The molecule has 0 radical (unpaired) electrons. The molecular weight excluding hydrogens is 330 g/mol. The molecule has 7 heteroatoms. The third kappa shape index (κ3) is 3.16. The summed E-state index contributed by atoms with van der Waals surface area (Å²) < 4.78 is 0. The monoisotopic (exact) mass is 357 g/mol. The predicted molar refractivity (Wildman–Crippen MR) is 100.0 cm³/mol. The number of aryl methyl sites for hydroxylation is 1. The Hall–Kier alpha value is -2.15. The van der Waals surface area contributed by atoms with Gasteiger partial charge in [-0.25, -0.2) is 9.97 Å². The lowest BCUT2D eigenvalue weighted by molar-refractivity contribution is -0.130. The number of aliphatic hydroxyl groups excluding tert-OH is 1. The van der Waals surface area contributed by atoms with Crippen LogP contribution in [0.3, 0.4) is 0 Å². The molecule has 1 aliphatic carbocycles. The number of carbonyl (C=O) groups excluding carboxylic acids is 1. The maximum Gasteiger partial charge on any atom is 0.226 e. The Bertz CT molecular complexity index is 789. The highest BCUT2D eigenvalue weighted by molar-refractivity contribution is 5.91. The van der Waals surface area contributed by atoms with Crippen LogP contribution in [0.15, 0.2) is 12.5 Å². The lowest BCUT2D eigenvalue weighted by Gasteiger charge is -2.28. The normalized spacial score (nSPS) is 26.4. The highest BCUT2D eigenvalue weighted by atomic mass is 16.3. The number of anilines is 1. The molecule has 4 rings (SSSR count). The van der Waals surface area contributed by atoms with Gasteiger partial charge in [0.25, 0.3) is 0 Å². The Labute approximate surface area is 153 Å². The van der Waals surface area contributed by atoms with E-state index in [1.54, 1.807) is 6.33 Å². The van der Waals surface area contributed by atoms with Crippen molar-refractivity contribution in [1.29, 1.82) is 0 Å². The van der Waals surface area contributed by atoms with Crippen molar-refractivity contribution >= 4 is 22.8 Å². The topological polar surface area (TPSA) is 94.1 Å². The summed E-state index contributed by atoms with van der Waals surface area (Å²) in [6, 6.07) is 0.102. The second-order valence-corrected chi connectivity index (χ2v) is 7.49. The summed E-state index contributed by atoms with van der Waals surface area (Å²) in [5.41, 5.74) is 2.08. The van der Waals surface area contributed by atoms with Gasteiger partial charge in [-0.1, -0.05) is 19.8 Å². The molecule has 1 amide bonds. The number of hydrogen-bond acceptors (Lipinski definition) is 5. The zero-order valence-electron chi connectivity index (χ0n) is 15.2. The number of aromatic amines is 1. The van der Waals surface area contributed by atoms with E-state index in [-0.39, 0.29) is 17.9 Å². The second kappa shape index (κ2) is 7.23. The van der Waals surface area contributed by atoms with Gasteiger partial charge in [-0.05, 0) is 31.2 Å². The zero-order valence-corrected chi connectivity index (χ0v) is 15.2. The standard InChI is InChI=1S/C19H27N5O2/c1-2-12-9-20-17-16(12)18(22-11-21-17)24-8-7-13(10-24)23-19(26)14-5-3-4-6-15(14)25/h9,11,13-15,25H,2-8,10H2,1H3,(H,23,26)(H,20,21,22)/t13-,14?,15?/m0/s1. The summed E-state index contributed by atoms with van der Waals surface area (Å²) in [5, 5.41) is 14.3. The fraction of sp³-hybridized carbons (Fsp3) is 0.632. The number of aromatic nitrogens is 3. The Morgan fingerprint density at radius 1 is 1.35 bits per heavy atom. The van der Waals surface area contributed by atoms with Gasteiger partial charge in [-0.15, -0.1) is 0 Å². The number of H-pyrrole nitrogens is 1. The zero-order chi connectivity index (χ0) is 18.1. The molecular formula is C19H27N5O2. The molecule has 3 heterocycles. The van der Waals surface area contributed by atoms with Gasteiger partial charge in [0.15, 0.2) is 0 Å². The van der Waals surface area contributed by atoms with Crippen LogP contribution in [0.2, 0.25) is 0 Å². The summed E-state index contributed by atoms with van der Waals surface area (Å²) in [6.07, 6.45) is 8.50.